The molecule has 1 aliphatic heterocycles. The van der Waals surface area contributed by atoms with Crippen molar-refractivity contribution >= 4 is 41.2 Å². The van der Waals surface area contributed by atoms with Crippen LogP contribution in [0.2, 0.25) is 10.0 Å². The summed E-state index contributed by atoms with van der Waals surface area (Å²) in [4.78, 5) is 25.9. The molecule has 1 spiro atoms. The second-order valence-electron chi connectivity index (χ2n) is 8.28. The second kappa shape index (κ2) is 5.83. The first-order valence-corrected chi connectivity index (χ1v) is 10.4. The number of hydrazone groups is 1. The minimum atomic E-state index is -0.255. The molecule has 5 nitrogen and oxygen atoms in total. The van der Waals surface area contributed by atoms with Crippen molar-refractivity contribution in [2.24, 2.45) is 34.2 Å². The third-order valence-electron chi connectivity index (χ3n) is 6.95. The fraction of sp³-hybridized carbons (Fsp3) is 0.318. The first kappa shape index (κ1) is 17.5. The molecule has 2 saturated carbocycles. The van der Waals surface area contributed by atoms with Crippen molar-refractivity contribution in [3.05, 3.63) is 58.3 Å². The number of carbonyl (C=O) groups excluding carboxylic acids is 2. The molecule has 29 heavy (non-hydrogen) atoms. The molecular formula is C22H16Cl2N2O3. The smallest absolute Gasteiger partial charge is 0.254 e. The van der Waals surface area contributed by atoms with E-state index < -0.39 is 0 Å². The number of halogens is 2. The van der Waals surface area contributed by atoms with Gasteiger partial charge in [0, 0.05) is 10.6 Å². The normalized spacial score (nSPS) is 30.9. The largest absolute Gasteiger partial charge is 0.455 e. The number of imide groups is 1. The highest BCUT2D eigenvalue weighted by atomic mass is 35.5. The summed E-state index contributed by atoms with van der Waals surface area (Å²) in [6, 6.07) is 8.59. The lowest BCUT2D eigenvalue weighted by atomic mass is 9.85. The SMILES string of the molecule is O=C1[C@@H]2[C@H](C(=O)N1/N=C\c1ccc(-c3cc(Cl)ccc3Cl)o1)[C@H]1C=C[C@@H]2C12CC2. The van der Waals surface area contributed by atoms with Crippen molar-refractivity contribution in [2.75, 3.05) is 0 Å². The number of carbonyl (C=O) groups is 2. The average molecular weight is 427 g/mol. The van der Waals surface area contributed by atoms with E-state index in [0.717, 1.165) is 17.9 Å². The van der Waals surface area contributed by atoms with Gasteiger partial charge in [0.2, 0.25) is 0 Å². The topological polar surface area (TPSA) is 62.9 Å². The molecular weight excluding hydrogens is 411 g/mol. The molecule has 3 aliphatic carbocycles. The molecule has 2 heterocycles. The van der Waals surface area contributed by atoms with Gasteiger partial charge in [0.15, 0.2) is 0 Å². The molecule has 1 saturated heterocycles. The predicted molar refractivity (Wildman–Crippen MR) is 108 cm³/mol. The molecule has 1 aromatic heterocycles. The van der Waals surface area contributed by atoms with Gasteiger partial charge >= 0.3 is 0 Å². The number of amides is 2. The number of nitrogens with zero attached hydrogens (tertiary/aromatic N) is 2. The fourth-order valence-electron chi connectivity index (χ4n) is 5.54. The van der Waals surface area contributed by atoms with Crippen molar-refractivity contribution in [3.63, 3.8) is 0 Å². The quantitative estimate of drug-likeness (QED) is 0.402. The molecule has 3 fully saturated rings. The zero-order chi connectivity index (χ0) is 19.9. The van der Waals surface area contributed by atoms with Gasteiger partial charge in [-0.2, -0.15) is 10.1 Å². The average Bonchev–Trinajstić information content (AvgIpc) is 2.99. The molecule has 1 aromatic carbocycles. The highest BCUT2D eigenvalue weighted by molar-refractivity contribution is 6.35. The van der Waals surface area contributed by atoms with Crippen LogP contribution < -0.4 is 0 Å². The second-order valence-corrected chi connectivity index (χ2v) is 9.12. The molecule has 2 aromatic rings. The van der Waals surface area contributed by atoms with Crippen LogP contribution in [-0.4, -0.2) is 23.0 Å². The summed E-state index contributed by atoms with van der Waals surface area (Å²) in [7, 11) is 0. The molecule has 7 heteroatoms. The Balaban J connectivity index is 1.25. The van der Waals surface area contributed by atoms with E-state index in [2.05, 4.69) is 17.3 Å². The molecule has 0 radical (unpaired) electrons. The van der Waals surface area contributed by atoms with Crippen LogP contribution in [-0.2, 0) is 9.59 Å². The molecule has 146 valence electrons. The van der Waals surface area contributed by atoms with Crippen LogP contribution in [0, 0.1) is 29.1 Å². The first-order chi connectivity index (χ1) is 14.0. The van der Waals surface area contributed by atoms with Crippen LogP contribution >= 0.6 is 23.2 Å². The Morgan fingerprint density at radius 1 is 1.03 bits per heavy atom. The van der Waals surface area contributed by atoms with Crippen LogP contribution in [0.3, 0.4) is 0 Å². The van der Waals surface area contributed by atoms with Crippen LogP contribution in [0.5, 0.6) is 0 Å². The number of allylic oxidation sites excluding steroid dienone is 2. The van der Waals surface area contributed by atoms with Gasteiger partial charge in [-0.05, 0) is 60.4 Å². The van der Waals surface area contributed by atoms with Gasteiger partial charge < -0.3 is 4.42 Å². The molecule has 4 aliphatic rings. The van der Waals surface area contributed by atoms with Gasteiger partial charge in [-0.3, -0.25) is 9.59 Å². The summed E-state index contributed by atoms with van der Waals surface area (Å²) in [5.41, 5.74) is 0.849. The van der Waals surface area contributed by atoms with Gasteiger partial charge in [0.1, 0.15) is 11.5 Å². The van der Waals surface area contributed by atoms with Crippen LogP contribution in [0.4, 0.5) is 0 Å². The number of benzene rings is 1. The summed E-state index contributed by atoms with van der Waals surface area (Å²) in [6.45, 7) is 0. The van der Waals surface area contributed by atoms with Crippen molar-refractivity contribution < 1.29 is 14.0 Å². The van der Waals surface area contributed by atoms with E-state index in [1.54, 1.807) is 30.3 Å². The van der Waals surface area contributed by atoms with Gasteiger partial charge in [-0.15, -0.1) is 0 Å². The van der Waals surface area contributed by atoms with Gasteiger partial charge in [-0.25, -0.2) is 0 Å². The van der Waals surface area contributed by atoms with Crippen molar-refractivity contribution in [1.82, 2.24) is 5.01 Å². The summed E-state index contributed by atoms with van der Waals surface area (Å²) >= 11 is 12.3. The molecule has 2 amide bonds. The number of rotatable bonds is 3. The Morgan fingerprint density at radius 3 is 2.38 bits per heavy atom. The number of furan rings is 1. The standard InChI is InChI=1S/C22H16Cl2N2O3/c23-11-1-5-16(24)13(9-11)17-6-2-12(29-17)10-25-26-20(27)18-14-3-4-15(19(18)21(26)28)22(14)7-8-22/h1-6,9-10,14-15,18-19H,7-8H2/b25-10-/t14-,15+,18-,19+. The minimum absolute atomic E-state index is 0.183. The maximum atomic E-state index is 12.9. The Hall–Kier alpha value is -2.37. The molecule has 4 atom stereocenters. The van der Waals surface area contributed by atoms with E-state index in [4.69, 9.17) is 27.6 Å². The van der Waals surface area contributed by atoms with E-state index in [1.165, 1.54) is 6.21 Å². The third-order valence-corrected chi connectivity index (χ3v) is 7.52. The van der Waals surface area contributed by atoms with Crippen LogP contribution in [0.25, 0.3) is 11.3 Å². The number of fused-ring (bicyclic) bond motifs is 3. The molecule has 6 rings (SSSR count). The van der Waals surface area contributed by atoms with Crippen molar-refractivity contribution in [1.29, 1.82) is 0 Å². The highest BCUT2D eigenvalue weighted by Gasteiger charge is 2.73. The highest BCUT2D eigenvalue weighted by Crippen LogP contribution is 2.73. The van der Waals surface area contributed by atoms with Gasteiger partial charge in [0.05, 0.1) is 23.1 Å². The summed E-state index contributed by atoms with van der Waals surface area (Å²) in [5, 5.41) is 6.28. The Kier molecular flexibility index (Phi) is 3.52. The van der Waals surface area contributed by atoms with Gasteiger partial charge in [-0.1, -0.05) is 35.4 Å². The Bertz CT molecular complexity index is 1100. The zero-order valence-corrected chi connectivity index (χ0v) is 16.7. The summed E-state index contributed by atoms with van der Waals surface area (Å²) in [5.74, 6) is 0.446. The van der Waals surface area contributed by atoms with E-state index in [-0.39, 0.29) is 40.9 Å². The van der Waals surface area contributed by atoms with Crippen LogP contribution in [0.1, 0.15) is 18.6 Å². The van der Waals surface area contributed by atoms with Crippen molar-refractivity contribution in [2.45, 2.75) is 12.8 Å². The monoisotopic (exact) mass is 426 g/mol. The van der Waals surface area contributed by atoms with Crippen molar-refractivity contribution in [3.8, 4) is 11.3 Å². The maximum absolute atomic E-state index is 12.9. The lowest BCUT2D eigenvalue weighted by Gasteiger charge is -2.18. The van der Waals surface area contributed by atoms with E-state index in [9.17, 15) is 9.59 Å². The molecule has 0 N–H and O–H groups in total. The Morgan fingerprint density at radius 2 is 1.72 bits per heavy atom. The van der Waals surface area contributed by atoms with Gasteiger partial charge in [0.25, 0.3) is 11.8 Å². The predicted octanol–water partition coefficient (Wildman–Crippen LogP) is 4.78. The minimum Gasteiger partial charge on any atom is -0.455 e. The summed E-state index contributed by atoms with van der Waals surface area (Å²) < 4.78 is 5.77. The third kappa shape index (κ3) is 2.31. The zero-order valence-electron chi connectivity index (χ0n) is 15.2. The van der Waals surface area contributed by atoms with E-state index in [0.29, 0.717) is 27.1 Å². The molecule has 2 bridgehead atoms. The lowest BCUT2D eigenvalue weighted by Crippen LogP contribution is -2.30. The van der Waals surface area contributed by atoms with E-state index in [1.807, 2.05) is 0 Å². The summed E-state index contributed by atoms with van der Waals surface area (Å²) in [6.07, 6.45) is 7.93. The number of hydrogen-bond donors (Lipinski definition) is 0. The Labute approximate surface area is 177 Å². The fourth-order valence-corrected chi connectivity index (χ4v) is 5.93. The number of hydrogen-bond acceptors (Lipinski definition) is 4. The molecule has 0 unspecified atom stereocenters. The van der Waals surface area contributed by atoms with Crippen LogP contribution in [0.15, 0.2) is 52.0 Å². The maximum Gasteiger partial charge on any atom is 0.254 e. The first-order valence-electron chi connectivity index (χ1n) is 9.65. The lowest BCUT2D eigenvalue weighted by molar-refractivity contribution is -0.141. The van der Waals surface area contributed by atoms with E-state index >= 15 is 0 Å².